The van der Waals surface area contributed by atoms with Crippen molar-refractivity contribution in [3.63, 3.8) is 0 Å². The number of benzene rings is 1. The molecule has 0 spiro atoms. The van der Waals surface area contributed by atoms with Gasteiger partial charge in [-0.25, -0.2) is 5.10 Å². The molecule has 0 saturated carbocycles. The molecule has 1 aliphatic rings. The van der Waals surface area contributed by atoms with Crippen LogP contribution < -0.4 is 10.9 Å². The molecular formula is C15H17N3O. The van der Waals surface area contributed by atoms with Crippen molar-refractivity contribution < 1.29 is 0 Å². The number of aromatic amines is 1. The minimum atomic E-state index is -0.171. The Kier molecular flexibility index (Phi) is 3.42. The second-order valence-electron chi connectivity index (χ2n) is 4.95. The van der Waals surface area contributed by atoms with Crippen molar-refractivity contribution in [2.75, 3.05) is 13.1 Å². The molecule has 0 bridgehead atoms. The SMILES string of the molecule is O=c1ccc(-c2ccc(C3CCNCC3)cc2)n[nH]1. The summed E-state index contributed by atoms with van der Waals surface area (Å²) in [6.45, 7) is 2.21. The molecule has 2 aromatic rings. The molecule has 0 aliphatic carbocycles. The summed E-state index contributed by atoms with van der Waals surface area (Å²) in [6, 6.07) is 11.8. The molecule has 1 aromatic heterocycles. The standard InChI is InChI=1S/C15H17N3O/c19-15-6-5-14(17-18-15)13-3-1-11(2-4-13)12-7-9-16-10-8-12/h1-6,12,16H,7-10H2,(H,18,19). The lowest BCUT2D eigenvalue weighted by molar-refractivity contribution is 0.460. The average Bonchev–Trinajstić information content (AvgIpc) is 2.49. The van der Waals surface area contributed by atoms with Crippen molar-refractivity contribution in [3.05, 3.63) is 52.3 Å². The van der Waals surface area contributed by atoms with Gasteiger partial charge in [0.2, 0.25) is 0 Å². The first kappa shape index (κ1) is 12.1. The van der Waals surface area contributed by atoms with Crippen LogP contribution in [0.3, 0.4) is 0 Å². The van der Waals surface area contributed by atoms with E-state index < -0.39 is 0 Å². The highest BCUT2D eigenvalue weighted by Gasteiger charge is 2.14. The van der Waals surface area contributed by atoms with Gasteiger partial charge >= 0.3 is 0 Å². The van der Waals surface area contributed by atoms with Gasteiger partial charge in [-0.1, -0.05) is 24.3 Å². The molecule has 1 saturated heterocycles. The molecule has 1 aliphatic heterocycles. The van der Waals surface area contributed by atoms with Crippen LogP contribution in [0.25, 0.3) is 11.3 Å². The van der Waals surface area contributed by atoms with E-state index in [0.717, 1.165) is 24.3 Å². The molecule has 0 unspecified atom stereocenters. The Labute approximate surface area is 111 Å². The van der Waals surface area contributed by atoms with Crippen LogP contribution in [0.5, 0.6) is 0 Å². The summed E-state index contributed by atoms with van der Waals surface area (Å²) in [4.78, 5) is 11.0. The molecule has 1 fully saturated rings. The summed E-state index contributed by atoms with van der Waals surface area (Å²) in [6.07, 6.45) is 2.41. The van der Waals surface area contributed by atoms with Gasteiger partial charge in [0.25, 0.3) is 5.56 Å². The van der Waals surface area contributed by atoms with E-state index in [-0.39, 0.29) is 5.56 Å². The van der Waals surface area contributed by atoms with Crippen molar-refractivity contribution in [3.8, 4) is 11.3 Å². The van der Waals surface area contributed by atoms with E-state index in [0.29, 0.717) is 5.92 Å². The highest BCUT2D eigenvalue weighted by molar-refractivity contribution is 5.58. The second-order valence-corrected chi connectivity index (χ2v) is 4.95. The number of nitrogens with zero attached hydrogens (tertiary/aromatic N) is 1. The van der Waals surface area contributed by atoms with E-state index in [2.05, 4.69) is 39.8 Å². The van der Waals surface area contributed by atoms with E-state index in [1.165, 1.54) is 24.5 Å². The summed E-state index contributed by atoms with van der Waals surface area (Å²) >= 11 is 0. The van der Waals surface area contributed by atoms with Gasteiger partial charge in [0, 0.05) is 11.6 Å². The van der Waals surface area contributed by atoms with E-state index in [9.17, 15) is 4.79 Å². The van der Waals surface area contributed by atoms with E-state index in [4.69, 9.17) is 0 Å². The number of hydrogen-bond donors (Lipinski definition) is 2. The molecule has 4 nitrogen and oxygen atoms in total. The minimum Gasteiger partial charge on any atom is -0.317 e. The van der Waals surface area contributed by atoms with Crippen molar-refractivity contribution in [1.29, 1.82) is 0 Å². The van der Waals surface area contributed by atoms with Gasteiger partial charge in [0.1, 0.15) is 0 Å². The molecule has 19 heavy (non-hydrogen) atoms. The average molecular weight is 255 g/mol. The largest absolute Gasteiger partial charge is 0.317 e. The fraction of sp³-hybridized carbons (Fsp3) is 0.333. The van der Waals surface area contributed by atoms with Gasteiger partial charge in [0.15, 0.2) is 0 Å². The lowest BCUT2D eigenvalue weighted by Gasteiger charge is -2.23. The van der Waals surface area contributed by atoms with Crippen LogP contribution in [-0.2, 0) is 0 Å². The first-order chi connectivity index (χ1) is 9.33. The molecule has 0 amide bonds. The molecule has 4 heteroatoms. The third-order valence-electron chi connectivity index (χ3n) is 3.70. The number of H-pyrrole nitrogens is 1. The normalized spacial score (nSPS) is 16.4. The summed E-state index contributed by atoms with van der Waals surface area (Å²) in [5.41, 5.74) is 3.06. The molecule has 0 radical (unpaired) electrons. The van der Waals surface area contributed by atoms with Crippen LogP contribution in [-0.4, -0.2) is 23.3 Å². The maximum absolute atomic E-state index is 11.0. The summed E-state index contributed by atoms with van der Waals surface area (Å²) in [5.74, 6) is 0.666. The van der Waals surface area contributed by atoms with Crippen molar-refractivity contribution >= 4 is 0 Å². The van der Waals surface area contributed by atoms with Gasteiger partial charge in [-0.2, -0.15) is 5.10 Å². The van der Waals surface area contributed by atoms with Gasteiger partial charge in [-0.3, -0.25) is 4.79 Å². The number of nitrogens with one attached hydrogen (secondary N) is 2. The fourth-order valence-electron chi connectivity index (χ4n) is 2.59. The van der Waals surface area contributed by atoms with Gasteiger partial charge in [0.05, 0.1) is 5.69 Å². The zero-order valence-corrected chi connectivity index (χ0v) is 10.7. The summed E-state index contributed by atoms with van der Waals surface area (Å²) < 4.78 is 0. The lowest BCUT2D eigenvalue weighted by Crippen LogP contribution is -2.26. The highest BCUT2D eigenvalue weighted by Crippen LogP contribution is 2.26. The summed E-state index contributed by atoms with van der Waals surface area (Å²) in [7, 11) is 0. The molecule has 3 rings (SSSR count). The Bertz CT molecular complexity index is 577. The monoisotopic (exact) mass is 255 g/mol. The van der Waals surface area contributed by atoms with Gasteiger partial charge < -0.3 is 5.32 Å². The lowest BCUT2D eigenvalue weighted by atomic mass is 9.89. The number of piperidine rings is 1. The first-order valence-electron chi connectivity index (χ1n) is 6.70. The quantitative estimate of drug-likeness (QED) is 0.861. The number of hydrogen-bond acceptors (Lipinski definition) is 3. The predicted octanol–water partition coefficient (Wildman–Crippen LogP) is 1.90. The zero-order chi connectivity index (χ0) is 13.1. The molecule has 98 valence electrons. The summed E-state index contributed by atoms with van der Waals surface area (Å²) in [5, 5.41) is 9.89. The smallest absolute Gasteiger partial charge is 0.264 e. The van der Waals surface area contributed by atoms with Crippen molar-refractivity contribution in [2.24, 2.45) is 0 Å². The molecule has 2 N–H and O–H groups in total. The van der Waals surface area contributed by atoms with Crippen LogP contribution in [0.1, 0.15) is 24.3 Å². The van der Waals surface area contributed by atoms with Crippen molar-refractivity contribution in [1.82, 2.24) is 15.5 Å². The molecule has 0 atom stereocenters. The van der Waals surface area contributed by atoms with Crippen LogP contribution in [0, 0.1) is 0 Å². The predicted molar refractivity (Wildman–Crippen MR) is 75.1 cm³/mol. The molecule has 1 aromatic carbocycles. The fourth-order valence-corrected chi connectivity index (χ4v) is 2.59. The molecular weight excluding hydrogens is 238 g/mol. The first-order valence-corrected chi connectivity index (χ1v) is 6.70. The number of rotatable bonds is 2. The molecule has 2 heterocycles. The second kappa shape index (κ2) is 5.36. The highest BCUT2D eigenvalue weighted by atomic mass is 16.1. The maximum Gasteiger partial charge on any atom is 0.264 e. The van der Waals surface area contributed by atoms with Gasteiger partial charge in [-0.05, 0) is 43.5 Å². The van der Waals surface area contributed by atoms with Gasteiger partial charge in [-0.15, -0.1) is 0 Å². The maximum atomic E-state index is 11.0. The van der Waals surface area contributed by atoms with E-state index in [1.54, 1.807) is 6.07 Å². The third kappa shape index (κ3) is 2.74. The van der Waals surface area contributed by atoms with Crippen molar-refractivity contribution in [2.45, 2.75) is 18.8 Å². The van der Waals surface area contributed by atoms with E-state index >= 15 is 0 Å². The van der Waals surface area contributed by atoms with E-state index in [1.807, 2.05) is 0 Å². The Morgan fingerprint density at radius 2 is 1.74 bits per heavy atom. The van der Waals surface area contributed by atoms with Crippen LogP contribution in [0.4, 0.5) is 0 Å². The Morgan fingerprint density at radius 1 is 1.00 bits per heavy atom. The topological polar surface area (TPSA) is 57.8 Å². The van der Waals surface area contributed by atoms with Crippen LogP contribution >= 0.6 is 0 Å². The zero-order valence-electron chi connectivity index (χ0n) is 10.7. The third-order valence-corrected chi connectivity index (χ3v) is 3.70. The Hall–Kier alpha value is -1.94. The Morgan fingerprint density at radius 3 is 2.37 bits per heavy atom. The van der Waals surface area contributed by atoms with Crippen LogP contribution in [0.2, 0.25) is 0 Å². The number of aromatic nitrogens is 2. The van der Waals surface area contributed by atoms with Crippen LogP contribution in [0.15, 0.2) is 41.2 Å². The Balaban J connectivity index is 1.82. The minimum absolute atomic E-state index is 0.171.